The summed E-state index contributed by atoms with van der Waals surface area (Å²) in [6.45, 7) is 1.25. The van der Waals surface area contributed by atoms with Crippen LogP contribution in [0.4, 0.5) is 19.3 Å². The molecule has 0 bridgehead atoms. The molecule has 0 fully saturated rings. The van der Waals surface area contributed by atoms with Crippen molar-refractivity contribution in [1.82, 2.24) is 5.32 Å². The van der Waals surface area contributed by atoms with E-state index in [0.29, 0.717) is 6.07 Å². The molecule has 0 aliphatic heterocycles. The first-order valence-electron chi connectivity index (χ1n) is 4.76. The van der Waals surface area contributed by atoms with E-state index >= 15 is 0 Å². The lowest BCUT2D eigenvalue weighted by atomic mass is 10.3. The predicted octanol–water partition coefficient (Wildman–Crippen LogP) is 2.32. The van der Waals surface area contributed by atoms with Gasteiger partial charge in [0.2, 0.25) is 0 Å². The number of urea groups is 1. The highest BCUT2D eigenvalue weighted by Crippen LogP contribution is 2.23. The van der Waals surface area contributed by atoms with Crippen LogP contribution in [0.1, 0.15) is 6.92 Å². The molecule has 2 amide bonds. The van der Waals surface area contributed by atoms with E-state index in [2.05, 4.69) is 26.6 Å². The van der Waals surface area contributed by atoms with Crippen molar-refractivity contribution < 1.29 is 23.5 Å². The minimum absolute atomic E-state index is 0.0227. The summed E-state index contributed by atoms with van der Waals surface area (Å²) < 4.78 is 26.2. The normalized spacial score (nSPS) is 11.8. The largest absolute Gasteiger partial charge is 0.480 e. The Morgan fingerprint density at radius 3 is 2.50 bits per heavy atom. The van der Waals surface area contributed by atoms with E-state index in [1.807, 2.05) is 0 Å². The van der Waals surface area contributed by atoms with Crippen LogP contribution in [0.15, 0.2) is 16.6 Å². The van der Waals surface area contributed by atoms with Crippen molar-refractivity contribution in [2.24, 2.45) is 0 Å². The van der Waals surface area contributed by atoms with Gasteiger partial charge in [-0.05, 0) is 28.9 Å². The van der Waals surface area contributed by atoms with Gasteiger partial charge in [0.15, 0.2) is 0 Å². The van der Waals surface area contributed by atoms with Gasteiger partial charge in [0.25, 0.3) is 0 Å². The molecule has 3 N–H and O–H groups in total. The van der Waals surface area contributed by atoms with E-state index in [4.69, 9.17) is 5.11 Å². The summed E-state index contributed by atoms with van der Waals surface area (Å²) in [7, 11) is 0. The molecule has 0 saturated carbocycles. The first-order chi connectivity index (χ1) is 8.31. The van der Waals surface area contributed by atoms with Crippen molar-refractivity contribution in [3.63, 3.8) is 0 Å². The minimum atomic E-state index is -1.23. The minimum Gasteiger partial charge on any atom is -0.480 e. The lowest BCUT2D eigenvalue weighted by molar-refractivity contribution is -0.138. The molecule has 0 aliphatic rings. The number of rotatable bonds is 3. The number of hydrogen-bond acceptors (Lipinski definition) is 2. The molecule has 1 aromatic carbocycles. The van der Waals surface area contributed by atoms with Crippen LogP contribution in [0.5, 0.6) is 0 Å². The number of halogens is 3. The highest BCUT2D eigenvalue weighted by Gasteiger charge is 2.16. The Labute approximate surface area is 109 Å². The van der Waals surface area contributed by atoms with E-state index in [1.165, 1.54) is 6.92 Å². The van der Waals surface area contributed by atoms with Crippen molar-refractivity contribution in [2.75, 3.05) is 5.32 Å². The van der Waals surface area contributed by atoms with Gasteiger partial charge in [-0.25, -0.2) is 13.6 Å². The number of carbonyl (C=O) groups excluding carboxylic acids is 1. The monoisotopic (exact) mass is 322 g/mol. The third-order valence-electron chi connectivity index (χ3n) is 1.98. The molecule has 1 rings (SSSR count). The van der Waals surface area contributed by atoms with Crippen LogP contribution in [-0.2, 0) is 4.79 Å². The molecule has 0 radical (unpaired) electrons. The van der Waals surface area contributed by atoms with Crippen molar-refractivity contribution >= 4 is 33.6 Å². The number of aliphatic carboxylic acids is 1. The van der Waals surface area contributed by atoms with Gasteiger partial charge in [-0.1, -0.05) is 0 Å². The number of nitrogens with one attached hydrogen (secondary N) is 2. The highest BCUT2D eigenvalue weighted by molar-refractivity contribution is 9.10. The van der Waals surface area contributed by atoms with Crippen LogP contribution in [0, 0.1) is 11.6 Å². The zero-order valence-corrected chi connectivity index (χ0v) is 10.7. The maximum atomic E-state index is 13.3. The van der Waals surface area contributed by atoms with Crippen LogP contribution in [0.25, 0.3) is 0 Å². The molecule has 8 heteroatoms. The number of amides is 2. The average molecular weight is 323 g/mol. The fourth-order valence-electron chi connectivity index (χ4n) is 1.04. The van der Waals surface area contributed by atoms with E-state index in [9.17, 15) is 18.4 Å². The van der Waals surface area contributed by atoms with Gasteiger partial charge in [-0.3, -0.25) is 4.79 Å². The Bertz CT molecular complexity index is 496. The second-order valence-electron chi connectivity index (χ2n) is 3.40. The summed E-state index contributed by atoms with van der Waals surface area (Å²) in [5.74, 6) is -3.00. The lowest BCUT2D eigenvalue weighted by Gasteiger charge is -2.11. The fraction of sp³-hybridized carbons (Fsp3) is 0.200. The molecule has 98 valence electrons. The van der Waals surface area contributed by atoms with E-state index in [0.717, 1.165) is 6.07 Å². The van der Waals surface area contributed by atoms with E-state index < -0.39 is 29.7 Å². The van der Waals surface area contributed by atoms with Gasteiger partial charge in [-0.2, -0.15) is 0 Å². The molecular formula is C10H9BrF2N2O3. The Balaban J connectivity index is 2.76. The fourth-order valence-corrected chi connectivity index (χ4v) is 1.38. The van der Waals surface area contributed by atoms with Gasteiger partial charge in [0.1, 0.15) is 17.7 Å². The van der Waals surface area contributed by atoms with E-state index in [-0.39, 0.29) is 10.2 Å². The second-order valence-corrected chi connectivity index (χ2v) is 4.26. The Hall–Kier alpha value is -1.70. The first kappa shape index (κ1) is 14.4. The average Bonchev–Trinajstić information content (AvgIpc) is 2.25. The number of carboxylic acids is 1. The van der Waals surface area contributed by atoms with Crippen LogP contribution in [-0.4, -0.2) is 23.1 Å². The molecule has 1 aromatic rings. The summed E-state index contributed by atoms with van der Waals surface area (Å²) >= 11 is 2.84. The Kier molecular flexibility index (Phi) is 4.60. The van der Waals surface area contributed by atoms with Gasteiger partial charge in [0, 0.05) is 6.07 Å². The summed E-state index contributed by atoms with van der Waals surface area (Å²) in [5, 5.41) is 12.7. The summed E-state index contributed by atoms with van der Waals surface area (Å²) in [6.07, 6.45) is 0. The molecule has 0 unspecified atom stereocenters. The zero-order chi connectivity index (χ0) is 13.9. The van der Waals surface area contributed by atoms with Gasteiger partial charge in [-0.15, -0.1) is 0 Å². The SMILES string of the molecule is C[C@@H](NC(=O)Nc1cc(Br)c(F)cc1F)C(=O)O. The number of carbonyl (C=O) groups is 2. The quantitative estimate of drug-likeness (QED) is 0.747. The third kappa shape index (κ3) is 3.66. The molecule has 0 saturated heterocycles. The van der Waals surface area contributed by atoms with Crippen LogP contribution < -0.4 is 10.6 Å². The molecule has 0 heterocycles. The molecule has 1 atom stereocenters. The summed E-state index contributed by atoms with van der Waals surface area (Å²) in [5.41, 5.74) is -0.265. The second kappa shape index (κ2) is 5.76. The standard InChI is InChI=1S/C10H9BrF2N2O3/c1-4(9(16)17)14-10(18)15-8-2-5(11)6(12)3-7(8)13/h2-4H,1H3,(H,16,17)(H2,14,15,18)/t4-/m1/s1. The highest BCUT2D eigenvalue weighted by atomic mass is 79.9. The van der Waals surface area contributed by atoms with Crippen LogP contribution >= 0.6 is 15.9 Å². The molecular weight excluding hydrogens is 314 g/mol. The Morgan fingerprint density at radius 2 is 1.94 bits per heavy atom. The first-order valence-corrected chi connectivity index (χ1v) is 5.55. The number of carboxylic acid groups (broad SMARTS) is 1. The van der Waals surface area contributed by atoms with Gasteiger partial charge >= 0.3 is 12.0 Å². The van der Waals surface area contributed by atoms with E-state index in [1.54, 1.807) is 0 Å². The van der Waals surface area contributed by atoms with Crippen LogP contribution in [0.2, 0.25) is 0 Å². The maximum absolute atomic E-state index is 13.3. The number of benzene rings is 1. The van der Waals surface area contributed by atoms with Crippen molar-refractivity contribution in [2.45, 2.75) is 13.0 Å². The summed E-state index contributed by atoms with van der Waals surface area (Å²) in [6, 6.07) is -0.394. The molecule has 0 aliphatic carbocycles. The molecule has 18 heavy (non-hydrogen) atoms. The van der Waals surface area contributed by atoms with Gasteiger partial charge < -0.3 is 15.7 Å². The topological polar surface area (TPSA) is 78.4 Å². The van der Waals surface area contributed by atoms with Crippen molar-refractivity contribution in [1.29, 1.82) is 0 Å². The maximum Gasteiger partial charge on any atom is 0.325 e. The number of hydrogen-bond donors (Lipinski definition) is 3. The molecule has 0 spiro atoms. The van der Waals surface area contributed by atoms with Crippen molar-refractivity contribution in [3.8, 4) is 0 Å². The molecule has 5 nitrogen and oxygen atoms in total. The number of anilines is 1. The summed E-state index contributed by atoms with van der Waals surface area (Å²) in [4.78, 5) is 21.8. The smallest absolute Gasteiger partial charge is 0.325 e. The van der Waals surface area contributed by atoms with Gasteiger partial charge in [0.05, 0.1) is 10.2 Å². The predicted molar refractivity (Wildman–Crippen MR) is 63.3 cm³/mol. The molecule has 0 aromatic heterocycles. The van der Waals surface area contributed by atoms with Crippen LogP contribution in [0.3, 0.4) is 0 Å². The van der Waals surface area contributed by atoms with Crippen molar-refractivity contribution in [3.05, 3.63) is 28.2 Å². The Morgan fingerprint density at radius 1 is 1.33 bits per heavy atom. The lowest BCUT2D eigenvalue weighted by Crippen LogP contribution is -2.41. The zero-order valence-electron chi connectivity index (χ0n) is 9.13. The third-order valence-corrected chi connectivity index (χ3v) is 2.58.